The zero-order valence-electron chi connectivity index (χ0n) is 10.9. The van der Waals surface area contributed by atoms with Gasteiger partial charge in [-0.15, -0.1) is 0 Å². The standard InChI is InChI=1S/C15H21NO2/c1-11-5-2-3-8-14(11)15(18)16-12-6-4-7-13(17)10-9-12/h2-3,5,8,12-13,17H,4,6-7,9-10H2,1H3,(H,16,18)/t12-,13-/m0/s1. The molecule has 98 valence electrons. The molecule has 1 fully saturated rings. The summed E-state index contributed by atoms with van der Waals surface area (Å²) >= 11 is 0. The molecule has 2 rings (SSSR count). The second-order valence-electron chi connectivity index (χ2n) is 5.15. The van der Waals surface area contributed by atoms with Crippen molar-refractivity contribution in [1.29, 1.82) is 0 Å². The first-order valence-electron chi connectivity index (χ1n) is 6.71. The maximum absolute atomic E-state index is 12.2. The summed E-state index contributed by atoms with van der Waals surface area (Å²) in [5, 5.41) is 12.7. The Morgan fingerprint density at radius 2 is 2.00 bits per heavy atom. The zero-order valence-corrected chi connectivity index (χ0v) is 10.9. The van der Waals surface area contributed by atoms with E-state index in [9.17, 15) is 9.90 Å². The summed E-state index contributed by atoms with van der Waals surface area (Å²) < 4.78 is 0. The van der Waals surface area contributed by atoms with E-state index in [2.05, 4.69) is 5.32 Å². The second kappa shape index (κ2) is 6.01. The van der Waals surface area contributed by atoms with E-state index in [4.69, 9.17) is 0 Å². The molecule has 1 saturated carbocycles. The van der Waals surface area contributed by atoms with Crippen molar-refractivity contribution in [3.63, 3.8) is 0 Å². The monoisotopic (exact) mass is 247 g/mol. The molecule has 0 aliphatic heterocycles. The molecule has 1 aromatic carbocycles. The Kier molecular flexibility index (Phi) is 4.37. The van der Waals surface area contributed by atoms with E-state index in [1.807, 2.05) is 31.2 Å². The molecule has 1 aliphatic carbocycles. The van der Waals surface area contributed by atoms with Gasteiger partial charge in [0.25, 0.3) is 5.91 Å². The summed E-state index contributed by atoms with van der Waals surface area (Å²) in [5.74, 6) is 0.00879. The molecule has 0 radical (unpaired) electrons. The van der Waals surface area contributed by atoms with E-state index in [1.54, 1.807) is 0 Å². The molecule has 1 aromatic rings. The highest BCUT2D eigenvalue weighted by atomic mass is 16.3. The van der Waals surface area contributed by atoms with Gasteiger partial charge < -0.3 is 10.4 Å². The predicted molar refractivity (Wildman–Crippen MR) is 71.5 cm³/mol. The minimum absolute atomic E-state index is 0.00879. The average molecular weight is 247 g/mol. The maximum atomic E-state index is 12.2. The van der Waals surface area contributed by atoms with Crippen LogP contribution in [0.3, 0.4) is 0 Å². The number of aliphatic hydroxyl groups excluding tert-OH is 1. The Bertz CT molecular complexity index is 417. The van der Waals surface area contributed by atoms with Crippen LogP contribution >= 0.6 is 0 Å². The van der Waals surface area contributed by atoms with E-state index in [0.29, 0.717) is 0 Å². The van der Waals surface area contributed by atoms with Crippen LogP contribution in [0, 0.1) is 6.92 Å². The Balaban J connectivity index is 1.97. The molecule has 3 nitrogen and oxygen atoms in total. The minimum Gasteiger partial charge on any atom is -0.393 e. The fraction of sp³-hybridized carbons (Fsp3) is 0.533. The highest BCUT2D eigenvalue weighted by molar-refractivity contribution is 5.95. The number of amides is 1. The van der Waals surface area contributed by atoms with Crippen molar-refractivity contribution < 1.29 is 9.90 Å². The first-order chi connectivity index (χ1) is 8.66. The lowest BCUT2D eigenvalue weighted by Gasteiger charge is -2.17. The van der Waals surface area contributed by atoms with E-state index >= 15 is 0 Å². The molecule has 2 atom stereocenters. The lowest BCUT2D eigenvalue weighted by Crippen LogP contribution is -2.34. The van der Waals surface area contributed by atoms with Gasteiger partial charge in [0.05, 0.1) is 6.10 Å². The van der Waals surface area contributed by atoms with Gasteiger partial charge in [-0.3, -0.25) is 4.79 Å². The van der Waals surface area contributed by atoms with E-state index in [-0.39, 0.29) is 18.1 Å². The van der Waals surface area contributed by atoms with Crippen molar-refractivity contribution in [2.24, 2.45) is 0 Å². The Morgan fingerprint density at radius 3 is 2.78 bits per heavy atom. The molecule has 2 N–H and O–H groups in total. The lowest BCUT2D eigenvalue weighted by atomic mass is 10.1. The summed E-state index contributed by atoms with van der Waals surface area (Å²) in [6, 6.07) is 7.84. The molecule has 3 heteroatoms. The van der Waals surface area contributed by atoms with Gasteiger partial charge in [0, 0.05) is 11.6 Å². The third kappa shape index (κ3) is 3.33. The topological polar surface area (TPSA) is 49.3 Å². The Hall–Kier alpha value is -1.35. The van der Waals surface area contributed by atoms with Crippen LogP contribution < -0.4 is 5.32 Å². The third-order valence-corrected chi connectivity index (χ3v) is 3.66. The summed E-state index contributed by atoms with van der Waals surface area (Å²) in [4.78, 5) is 12.2. The molecular weight excluding hydrogens is 226 g/mol. The lowest BCUT2D eigenvalue weighted by molar-refractivity contribution is 0.0930. The Labute approximate surface area is 108 Å². The summed E-state index contributed by atoms with van der Waals surface area (Å²) in [6.07, 6.45) is 4.29. The highest BCUT2D eigenvalue weighted by Crippen LogP contribution is 2.18. The minimum atomic E-state index is -0.189. The number of rotatable bonds is 2. The first kappa shape index (κ1) is 13.1. The van der Waals surface area contributed by atoms with Crippen molar-refractivity contribution in [2.45, 2.75) is 51.2 Å². The van der Waals surface area contributed by atoms with Gasteiger partial charge in [-0.2, -0.15) is 0 Å². The molecule has 0 aromatic heterocycles. The summed E-state index contributed by atoms with van der Waals surface area (Å²) in [7, 11) is 0. The number of aryl methyl sites for hydroxylation is 1. The largest absolute Gasteiger partial charge is 0.393 e. The van der Waals surface area contributed by atoms with Crippen LogP contribution in [0.4, 0.5) is 0 Å². The van der Waals surface area contributed by atoms with Crippen molar-refractivity contribution in [3.05, 3.63) is 35.4 Å². The van der Waals surface area contributed by atoms with Crippen molar-refractivity contribution >= 4 is 5.91 Å². The van der Waals surface area contributed by atoms with Gasteiger partial charge in [0.15, 0.2) is 0 Å². The molecule has 1 aliphatic rings. The maximum Gasteiger partial charge on any atom is 0.251 e. The number of aliphatic hydroxyl groups is 1. The number of benzene rings is 1. The van der Waals surface area contributed by atoms with Gasteiger partial charge in [-0.05, 0) is 50.7 Å². The van der Waals surface area contributed by atoms with Crippen molar-refractivity contribution in [2.75, 3.05) is 0 Å². The number of hydrogen-bond donors (Lipinski definition) is 2. The summed E-state index contributed by atoms with van der Waals surface area (Å²) in [5.41, 5.74) is 1.76. The van der Waals surface area contributed by atoms with Gasteiger partial charge in [-0.1, -0.05) is 18.2 Å². The van der Waals surface area contributed by atoms with Gasteiger partial charge >= 0.3 is 0 Å². The zero-order chi connectivity index (χ0) is 13.0. The third-order valence-electron chi connectivity index (χ3n) is 3.66. The van der Waals surface area contributed by atoms with Gasteiger partial charge in [0.2, 0.25) is 0 Å². The molecule has 18 heavy (non-hydrogen) atoms. The number of carbonyl (C=O) groups is 1. The Morgan fingerprint density at radius 1 is 1.22 bits per heavy atom. The molecule has 1 amide bonds. The van der Waals surface area contributed by atoms with Crippen LogP contribution in [0.5, 0.6) is 0 Å². The van der Waals surface area contributed by atoms with Crippen LogP contribution in [-0.2, 0) is 0 Å². The quantitative estimate of drug-likeness (QED) is 0.788. The molecular formula is C15H21NO2. The van der Waals surface area contributed by atoms with E-state index < -0.39 is 0 Å². The molecule has 0 saturated heterocycles. The van der Waals surface area contributed by atoms with Gasteiger partial charge in [0.1, 0.15) is 0 Å². The van der Waals surface area contributed by atoms with Crippen molar-refractivity contribution in [1.82, 2.24) is 5.32 Å². The van der Waals surface area contributed by atoms with Crippen LogP contribution in [0.15, 0.2) is 24.3 Å². The fourth-order valence-corrected chi connectivity index (χ4v) is 2.52. The van der Waals surface area contributed by atoms with Crippen LogP contribution in [0.2, 0.25) is 0 Å². The number of carbonyl (C=O) groups excluding carboxylic acids is 1. The van der Waals surface area contributed by atoms with Crippen LogP contribution in [-0.4, -0.2) is 23.2 Å². The predicted octanol–water partition coefficient (Wildman–Crippen LogP) is 2.42. The second-order valence-corrected chi connectivity index (χ2v) is 5.15. The van der Waals surface area contributed by atoms with Crippen molar-refractivity contribution in [3.8, 4) is 0 Å². The molecule has 0 heterocycles. The smallest absolute Gasteiger partial charge is 0.251 e. The molecule has 0 spiro atoms. The van der Waals surface area contributed by atoms with E-state index in [1.165, 1.54) is 0 Å². The number of nitrogens with one attached hydrogen (secondary N) is 1. The highest BCUT2D eigenvalue weighted by Gasteiger charge is 2.19. The SMILES string of the molecule is Cc1ccccc1C(=O)N[C@H]1CCC[C@H](O)CC1. The summed E-state index contributed by atoms with van der Waals surface area (Å²) in [6.45, 7) is 1.95. The molecule has 0 unspecified atom stereocenters. The molecule has 0 bridgehead atoms. The van der Waals surface area contributed by atoms with Crippen LogP contribution in [0.1, 0.15) is 48.0 Å². The fourth-order valence-electron chi connectivity index (χ4n) is 2.52. The van der Waals surface area contributed by atoms with E-state index in [0.717, 1.165) is 43.2 Å². The van der Waals surface area contributed by atoms with Gasteiger partial charge in [-0.25, -0.2) is 0 Å². The average Bonchev–Trinajstić information content (AvgIpc) is 2.55. The van der Waals surface area contributed by atoms with Crippen LogP contribution in [0.25, 0.3) is 0 Å². The first-order valence-corrected chi connectivity index (χ1v) is 6.71. The number of hydrogen-bond acceptors (Lipinski definition) is 2. The normalized spacial score (nSPS) is 24.3.